The molecule has 15 heavy (non-hydrogen) atoms. The fourth-order valence-corrected chi connectivity index (χ4v) is 1.66. The van der Waals surface area contributed by atoms with Crippen molar-refractivity contribution in [2.45, 2.75) is 6.92 Å². The van der Waals surface area contributed by atoms with Crippen molar-refractivity contribution in [2.24, 2.45) is 7.05 Å². The van der Waals surface area contributed by atoms with E-state index in [4.69, 9.17) is 4.74 Å². The molecule has 0 N–H and O–H groups in total. The molecule has 0 bridgehead atoms. The molecule has 0 aliphatic rings. The van der Waals surface area contributed by atoms with E-state index in [1.807, 2.05) is 23.9 Å². The molecule has 0 unspecified atom stereocenters. The molecule has 2 aromatic rings. The molecule has 0 atom stereocenters. The SMILES string of the molecule is COc1c(C(C)=O)cnc2c1ccn2C. The number of methoxy groups -OCH3 is 1. The van der Waals surface area contributed by atoms with Crippen LogP contribution in [-0.2, 0) is 7.05 Å². The third-order valence-corrected chi connectivity index (χ3v) is 2.43. The lowest BCUT2D eigenvalue weighted by atomic mass is 10.1. The Morgan fingerprint density at radius 2 is 2.27 bits per heavy atom. The molecule has 0 aliphatic carbocycles. The molecule has 4 heteroatoms. The van der Waals surface area contributed by atoms with Gasteiger partial charge in [-0.1, -0.05) is 0 Å². The summed E-state index contributed by atoms with van der Waals surface area (Å²) in [4.78, 5) is 15.6. The van der Waals surface area contributed by atoms with E-state index in [1.165, 1.54) is 6.92 Å². The van der Waals surface area contributed by atoms with Crippen molar-refractivity contribution in [2.75, 3.05) is 7.11 Å². The van der Waals surface area contributed by atoms with Gasteiger partial charge in [-0.15, -0.1) is 0 Å². The van der Waals surface area contributed by atoms with Gasteiger partial charge in [-0.3, -0.25) is 4.79 Å². The third-order valence-electron chi connectivity index (χ3n) is 2.43. The Hall–Kier alpha value is -1.84. The minimum atomic E-state index is -0.0369. The van der Waals surface area contributed by atoms with Crippen LogP contribution in [0.15, 0.2) is 18.5 Å². The quantitative estimate of drug-likeness (QED) is 0.700. The molecule has 2 heterocycles. The lowest BCUT2D eigenvalue weighted by Crippen LogP contribution is -2.00. The first-order valence-corrected chi connectivity index (χ1v) is 4.64. The summed E-state index contributed by atoms with van der Waals surface area (Å²) >= 11 is 0. The van der Waals surface area contributed by atoms with Crippen molar-refractivity contribution in [1.82, 2.24) is 9.55 Å². The van der Waals surface area contributed by atoms with Gasteiger partial charge in [0.2, 0.25) is 0 Å². The van der Waals surface area contributed by atoms with Gasteiger partial charge in [0.05, 0.1) is 18.1 Å². The lowest BCUT2D eigenvalue weighted by Gasteiger charge is -2.06. The predicted octanol–water partition coefficient (Wildman–Crippen LogP) is 1.78. The van der Waals surface area contributed by atoms with Crippen molar-refractivity contribution in [3.63, 3.8) is 0 Å². The number of carbonyl (C=O) groups excluding carboxylic acids is 1. The standard InChI is InChI=1S/C11H12N2O2/c1-7(14)9-6-12-11-8(10(9)15-3)4-5-13(11)2/h4-6H,1-3H3. The Bertz CT molecular complexity index is 529. The first kappa shape index (κ1) is 9.71. The number of pyridine rings is 1. The van der Waals surface area contributed by atoms with Crippen LogP contribution in [0.25, 0.3) is 11.0 Å². The molecule has 0 aromatic carbocycles. The van der Waals surface area contributed by atoms with Crippen LogP contribution in [-0.4, -0.2) is 22.4 Å². The molecule has 0 saturated heterocycles. The summed E-state index contributed by atoms with van der Waals surface area (Å²) in [6.45, 7) is 1.51. The van der Waals surface area contributed by atoms with Crippen molar-refractivity contribution in [3.8, 4) is 5.75 Å². The summed E-state index contributed by atoms with van der Waals surface area (Å²) < 4.78 is 7.15. The van der Waals surface area contributed by atoms with Crippen LogP contribution in [0.5, 0.6) is 5.75 Å². The van der Waals surface area contributed by atoms with E-state index in [-0.39, 0.29) is 5.78 Å². The lowest BCUT2D eigenvalue weighted by molar-refractivity contribution is 0.101. The Kier molecular flexibility index (Phi) is 2.19. The number of hydrogen-bond acceptors (Lipinski definition) is 3. The fraction of sp³-hybridized carbons (Fsp3) is 0.273. The van der Waals surface area contributed by atoms with Crippen molar-refractivity contribution in [1.29, 1.82) is 0 Å². The van der Waals surface area contributed by atoms with Crippen LogP contribution in [0.2, 0.25) is 0 Å². The van der Waals surface area contributed by atoms with Gasteiger partial charge in [-0.2, -0.15) is 0 Å². The van der Waals surface area contributed by atoms with Gasteiger partial charge in [0.15, 0.2) is 5.78 Å². The third kappa shape index (κ3) is 1.38. The minimum Gasteiger partial charge on any atom is -0.495 e. The number of hydrogen-bond donors (Lipinski definition) is 0. The number of ketones is 1. The summed E-state index contributed by atoms with van der Waals surface area (Å²) in [5.41, 5.74) is 1.34. The average molecular weight is 204 g/mol. The van der Waals surface area contributed by atoms with E-state index in [2.05, 4.69) is 4.98 Å². The first-order chi connectivity index (χ1) is 7.15. The van der Waals surface area contributed by atoms with Crippen LogP contribution < -0.4 is 4.74 Å². The topological polar surface area (TPSA) is 44.1 Å². The van der Waals surface area contributed by atoms with E-state index in [9.17, 15) is 4.79 Å². The smallest absolute Gasteiger partial charge is 0.165 e. The molecule has 0 amide bonds. The predicted molar refractivity (Wildman–Crippen MR) is 57.3 cm³/mol. The Morgan fingerprint density at radius 1 is 1.53 bits per heavy atom. The highest BCUT2D eigenvalue weighted by atomic mass is 16.5. The van der Waals surface area contributed by atoms with Crippen LogP contribution in [0, 0.1) is 0 Å². The highest BCUT2D eigenvalue weighted by Gasteiger charge is 2.14. The van der Waals surface area contributed by atoms with E-state index < -0.39 is 0 Å². The van der Waals surface area contributed by atoms with Gasteiger partial charge < -0.3 is 9.30 Å². The molecule has 0 aliphatic heterocycles. The molecular weight excluding hydrogens is 192 g/mol. The maximum atomic E-state index is 11.3. The van der Waals surface area contributed by atoms with Gasteiger partial charge in [0.25, 0.3) is 0 Å². The fourth-order valence-electron chi connectivity index (χ4n) is 1.66. The highest BCUT2D eigenvalue weighted by Crippen LogP contribution is 2.28. The zero-order valence-corrected chi connectivity index (χ0v) is 8.94. The monoisotopic (exact) mass is 204 g/mol. The first-order valence-electron chi connectivity index (χ1n) is 4.64. The molecule has 0 fully saturated rings. The van der Waals surface area contributed by atoms with E-state index in [0.717, 1.165) is 11.0 Å². The van der Waals surface area contributed by atoms with E-state index in [1.54, 1.807) is 13.3 Å². The summed E-state index contributed by atoms with van der Waals surface area (Å²) in [6, 6.07) is 1.90. The second-order valence-electron chi connectivity index (χ2n) is 3.43. The molecule has 0 spiro atoms. The number of nitrogens with zero attached hydrogens (tertiary/aromatic N) is 2. The molecule has 2 rings (SSSR count). The average Bonchev–Trinajstić information content (AvgIpc) is 2.59. The maximum absolute atomic E-state index is 11.3. The molecule has 0 radical (unpaired) electrons. The van der Waals surface area contributed by atoms with Crippen molar-refractivity contribution in [3.05, 3.63) is 24.0 Å². The molecule has 2 aromatic heterocycles. The molecule has 0 saturated carbocycles. The van der Waals surface area contributed by atoms with Gasteiger partial charge in [0.1, 0.15) is 11.4 Å². The summed E-state index contributed by atoms with van der Waals surface area (Å²) in [6.07, 6.45) is 3.45. The summed E-state index contributed by atoms with van der Waals surface area (Å²) in [7, 11) is 3.47. The highest BCUT2D eigenvalue weighted by molar-refractivity contribution is 6.01. The normalized spacial score (nSPS) is 10.6. The number of fused-ring (bicyclic) bond motifs is 1. The number of aryl methyl sites for hydroxylation is 1. The molecule has 4 nitrogen and oxygen atoms in total. The number of carbonyl (C=O) groups is 1. The zero-order chi connectivity index (χ0) is 11.0. The van der Waals surface area contributed by atoms with Gasteiger partial charge in [-0.25, -0.2) is 4.98 Å². The maximum Gasteiger partial charge on any atom is 0.165 e. The van der Waals surface area contributed by atoms with Crippen molar-refractivity contribution < 1.29 is 9.53 Å². The van der Waals surface area contributed by atoms with Gasteiger partial charge >= 0.3 is 0 Å². The van der Waals surface area contributed by atoms with Crippen LogP contribution >= 0.6 is 0 Å². The Balaban J connectivity index is 2.82. The van der Waals surface area contributed by atoms with Crippen LogP contribution in [0.4, 0.5) is 0 Å². The van der Waals surface area contributed by atoms with Gasteiger partial charge in [0, 0.05) is 19.4 Å². The Labute approximate surface area is 87.5 Å². The number of rotatable bonds is 2. The zero-order valence-electron chi connectivity index (χ0n) is 8.94. The minimum absolute atomic E-state index is 0.0369. The van der Waals surface area contributed by atoms with Crippen LogP contribution in [0.3, 0.4) is 0 Å². The van der Waals surface area contributed by atoms with E-state index >= 15 is 0 Å². The van der Waals surface area contributed by atoms with Crippen molar-refractivity contribution >= 4 is 16.8 Å². The number of ether oxygens (including phenoxy) is 1. The summed E-state index contributed by atoms with van der Waals surface area (Å²) in [5.74, 6) is 0.568. The summed E-state index contributed by atoms with van der Waals surface area (Å²) in [5, 5.41) is 0.868. The Morgan fingerprint density at radius 3 is 2.87 bits per heavy atom. The molecule has 78 valence electrons. The van der Waals surface area contributed by atoms with Gasteiger partial charge in [-0.05, 0) is 13.0 Å². The second kappa shape index (κ2) is 3.38. The largest absolute Gasteiger partial charge is 0.495 e. The van der Waals surface area contributed by atoms with Crippen LogP contribution in [0.1, 0.15) is 17.3 Å². The van der Waals surface area contributed by atoms with E-state index in [0.29, 0.717) is 11.3 Å². The second-order valence-corrected chi connectivity index (χ2v) is 3.43. The number of Topliss-reactive ketones (excluding diaryl/α,β-unsaturated/α-hetero) is 1. The molecular formula is C11H12N2O2. The number of aromatic nitrogens is 2.